The number of imide groups is 1. The van der Waals surface area contributed by atoms with E-state index in [0.29, 0.717) is 11.3 Å². The Bertz CT molecular complexity index is 1330. The summed E-state index contributed by atoms with van der Waals surface area (Å²) in [5, 5.41) is 2.64. The summed E-state index contributed by atoms with van der Waals surface area (Å²) < 4.78 is 31.8. The van der Waals surface area contributed by atoms with E-state index in [1.807, 2.05) is 0 Å². The lowest BCUT2D eigenvalue weighted by Crippen LogP contribution is -2.37. The lowest BCUT2D eigenvalue weighted by atomic mass is 10.1. The standard InChI is InChI=1S/C27H23F2N3O5/c1-2-37-26(35)18-4-3-5-21(14-18)30-24(33)15-23-25(34)32(22-12-10-20(29)11-13-22)27(36)31(23)16-17-6-8-19(28)9-7-17/h3-14,23H,2,15-16H2,1H3,(H,30,33)/t23-/m1/s1. The van der Waals surface area contributed by atoms with Gasteiger partial charge in [0.1, 0.15) is 17.7 Å². The van der Waals surface area contributed by atoms with Crippen molar-refractivity contribution in [2.75, 3.05) is 16.8 Å². The number of halogens is 2. The number of rotatable bonds is 8. The van der Waals surface area contributed by atoms with Crippen molar-refractivity contribution in [1.82, 2.24) is 4.90 Å². The molecule has 1 heterocycles. The first-order chi connectivity index (χ1) is 17.8. The van der Waals surface area contributed by atoms with E-state index < -0.39 is 41.5 Å². The summed E-state index contributed by atoms with van der Waals surface area (Å²) in [4.78, 5) is 53.6. The van der Waals surface area contributed by atoms with Crippen LogP contribution in [0, 0.1) is 11.6 Å². The molecule has 1 aliphatic heterocycles. The van der Waals surface area contributed by atoms with Crippen molar-refractivity contribution < 1.29 is 32.7 Å². The molecular weight excluding hydrogens is 484 g/mol. The number of hydrogen-bond donors (Lipinski definition) is 1. The van der Waals surface area contributed by atoms with Crippen LogP contribution in [0.25, 0.3) is 0 Å². The molecule has 0 spiro atoms. The summed E-state index contributed by atoms with van der Waals surface area (Å²) in [5.74, 6) is -2.77. The molecule has 0 saturated carbocycles. The Morgan fingerprint density at radius 3 is 2.24 bits per heavy atom. The van der Waals surface area contributed by atoms with Crippen molar-refractivity contribution in [3.63, 3.8) is 0 Å². The van der Waals surface area contributed by atoms with Crippen LogP contribution in [-0.4, -0.2) is 41.4 Å². The van der Waals surface area contributed by atoms with E-state index in [0.717, 1.165) is 17.0 Å². The Hall–Kier alpha value is -4.60. The lowest BCUT2D eigenvalue weighted by Gasteiger charge is -2.21. The van der Waals surface area contributed by atoms with Crippen LogP contribution < -0.4 is 10.2 Å². The molecule has 10 heteroatoms. The van der Waals surface area contributed by atoms with Crippen molar-refractivity contribution in [2.24, 2.45) is 0 Å². The second-order valence-electron chi connectivity index (χ2n) is 8.26. The molecule has 1 atom stereocenters. The number of benzene rings is 3. The maximum absolute atomic E-state index is 13.4. The van der Waals surface area contributed by atoms with E-state index in [-0.39, 0.29) is 30.8 Å². The fourth-order valence-electron chi connectivity index (χ4n) is 3.95. The van der Waals surface area contributed by atoms with Gasteiger partial charge in [0, 0.05) is 12.2 Å². The molecule has 3 aromatic rings. The van der Waals surface area contributed by atoms with Crippen LogP contribution in [-0.2, 0) is 20.9 Å². The summed E-state index contributed by atoms with van der Waals surface area (Å²) >= 11 is 0. The molecule has 0 radical (unpaired) electrons. The van der Waals surface area contributed by atoms with Crippen LogP contribution in [0.2, 0.25) is 0 Å². The van der Waals surface area contributed by atoms with Crippen LogP contribution >= 0.6 is 0 Å². The van der Waals surface area contributed by atoms with Crippen molar-refractivity contribution >= 4 is 35.2 Å². The number of carbonyl (C=O) groups excluding carboxylic acids is 4. The van der Waals surface area contributed by atoms with Gasteiger partial charge in [0.2, 0.25) is 5.91 Å². The van der Waals surface area contributed by atoms with Gasteiger partial charge in [0.05, 0.1) is 24.3 Å². The summed E-state index contributed by atoms with van der Waals surface area (Å²) in [6, 6.07) is 14.5. The highest BCUT2D eigenvalue weighted by molar-refractivity contribution is 6.22. The van der Waals surface area contributed by atoms with Gasteiger partial charge < -0.3 is 15.0 Å². The second kappa shape index (κ2) is 11.0. The Labute approximate surface area is 211 Å². The van der Waals surface area contributed by atoms with Crippen LogP contribution in [0.4, 0.5) is 25.0 Å². The van der Waals surface area contributed by atoms with Crippen LogP contribution in [0.3, 0.4) is 0 Å². The van der Waals surface area contributed by atoms with Gasteiger partial charge in [-0.15, -0.1) is 0 Å². The second-order valence-corrected chi connectivity index (χ2v) is 8.26. The first kappa shape index (κ1) is 25.5. The Kier molecular flexibility index (Phi) is 7.57. The van der Waals surface area contributed by atoms with E-state index in [1.54, 1.807) is 19.1 Å². The monoisotopic (exact) mass is 507 g/mol. The number of urea groups is 1. The molecule has 37 heavy (non-hydrogen) atoms. The predicted octanol–water partition coefficient (Wildman–Crippen LogP) is 4.51. The third-order valence-corrected chi connectivity index (χ3v) is 5.71. The van der Waals surface area contributed by atoms with Gasteiger partial charge in [-0.3, -0.25) is 9.59 Å². The van der Waals surface area contributed by atoms with E-state index in [2.05, 4.69) is 5.32 Å². The van der Waals surface area contributed by atoms with Crippen molar-refractivity contribution in [3.05, 3.63) is 95.6 Å². The normalized spacial score (nSPS) is 15.2. The number of amides is 4. The Balaban J connectivity index is 1.57. The summed E-state index contributed by atoms with van der Waals surface area (Å²) in [7, 11) is 0. The van der Waals surface area contributed by atoms with Gasteiger partial charge >= 0.3 is 12.0 Å². The molecule has 1 aliphatic rings. The zero-order valence-corrected chi connectivity index (χ0v) is 19.8. The quantitative estimate of drug-likeness (QED) is 0.358. The highest BCUT2D eigenvalue weighted by Crippen LogP contribution is 2.29. The highest BCUT2D eigenvalue weighted by Gasteiger charge is 2.46. The first-order valence-electron chi connectivity index (χ1n) is 11.5. The summed E-state index contributed by atoms with van der Waals surface area (Å²) in [6.07, 6.45) is -0.382. The Morgan fingerprint density at radius 2 is 1.59 bits per heavy atom. The van der Waals surface area contributed by atoms with Crippen molar-refractivity contribution in [1.29, 1.82) is 0 Å². The topological polar surface area (TPSA) is 96.0 Å². The molecule has 190 valence electrons. The fraction of sp³-hybridized carbons (Fsp3) is 0.185. The van der Waals surface area contributed by atoms with E-state index in [4.69, 9.17) is 4.74 Å². The van der Waals surface area contributed by atoms with E-state index in [1.165, 1.54) is 53.4 Å². The van der Waals surface area contributed by atoms with Gasteiger partial charge in [0.25, 0.3) is 5.91 Å². The molecule has 0 bridgehead atoms. The first-order valence-corrected chi connectivity index (χ1v) is 11.5. The smallest absolute Gasteiger partial charge is 0.338 e. The number of nitrogens with one attached hydrogen (secondary N) is 1. The van der Waals surface area contributed by atoms with Crippen LogP contribution in [0.1, 0.15) is 29.3 Å². The third-order valence-electron chi connectivity index (χ3n) is 5.71. The molecule has 1 saturated heterocycles. The maximum Gasteiger partial charge on any atom is 0.338 e. The fourth-order valence-corrected chi connectivity index (χ4v) is 3.95. The van der Waals surface area contributed by atoms with Gasteiger partial charge in [-0.05, 0) is 67.1 Å². The van der Waals surface area contributed by atoms with E-state index in [9.17, 15) is 28.0 Å². The molecule has 0 aromatic heterocycles. The zero-order chi connectivity index (χ0) is 26.5. The van der Waals surface area contributed by atoms with Gasteiger partial charge in [-0.25, -0.2) is 23.3 Å². The largest absolute Gasteiger partial charge is 0.462 e. The van der Waals surface area contributed by atoms with Crippen LogP contribution in [0.5, 0.6) is 0 Å². The third kappa shape index (κ3) is 5.80. The SMILES string of the molecule is CCOC(=O)c1cccc(NC(=O)C[C@@H]2C(=O)N(c3ccc(F)cc3)C(=O)N2Cc2ccc(F)cc2)c1. The van der Waals surface area contributed by atoms with E-state index >= 15 is 0 Å². The summed E-state index contributed by atoms with van der Waals surface area (Å²) in [5.41, 5.74) is 1.27. The highest BCUT2D eigenvalue weighted by atomic mass is 19.1. The van der Waals surface area contributed by atoms with Gasteiger partial charge in [-0.2, -0.15) is 0 Å². The minimum absolute atomic E-state index is 0.0567. The van der Waals surface area contributed by atoms with Gasteiger partial charge in [-0.1, -0.05) is 18.2 Å². The van der Waals surface area contributed by atoms with Crippen LogP contribution in [0.15, 0.2) is 72.8 Å². The van der Waals surface area contributed by atoms with Crippen molar-refractivity contribution in [2.45, 2.75) is 25.9 Å². The molecule has 4 amide bonds. The molecular formula is C27H23F2N3O5. The molecule has 8 nitrogen and oxygen atoms in total. The molecule has 0 aliphatic carbocycles. The lowest BCUT2D eigenvalue weighted by molar-refractivity contribution is -0.124. The number of esters is 1. The van der Waals surface area contributed by atoms with Crippen molar-refractivity contribution in [3.8, 4) is 0 Å². The summed E-state index contributed by atoms with van der Waals surface area (Å²) in [6.45, 7) is 1.82. The molecule has 1 N–H and O–H groups in total. The number of carbonyl (C=O) groups is 4. The number of anilines is 2. The number of ether oxygens (including phenoxy) is 1. The number of nitrogens with zero attached hydrogens (tertiary/aromatic N) is 2. The minimum Gasteiger partial charge on any atom is -0.462 e. The zero-order valence-electron chi connectivity index (χ0n) is 19.8. The van der Waals surface area contributed by atoms with Gasteiger partial charge in [0.15, 0.2) is 0 Å². The average Bonchev–Trinajstić information content (AvgIpc) is 3.10. The molecule has 4 rings (SSSR count). The number of hydrogen-bond acceptors (Lipinski definition) is 5. The predicted molar refractivity (Wildman–Crippen MR) is 131 cm³/mol. The molecule has 1 fully saturated rings. The maximum atomic E-state index is 13.4. The average molecular weight is 507 g/mol. The molecule has 3 aromatic carbocycles. The Morgan fingerprint density at radius 1 is 0.946 bits per heavy atom. The molecule has 0 unspecified atom stereocenters. The minimum atomic E-state index is -1.17.